The summed E-state index contributed by atoms with van der Waals surface area (Å²) in [6.45, 7) is 10.3. The Kier molecular flexibility index (Phi) is 6.68. The third-order valence-corrected chi connectivity index (χ3v) is 5.97. The normalized spacial score (nSPS) is 25.4. The van der Waals surface area contributed by atoms with Crippen molar-refractivity contribution in [3.8, 4) is 0 Å². The number of benzene rings is 1. The Balaban J connectivity index is 1.47. The summed E-state index contributed by atoms with van der Waals surface area (Å²) in [7, 11) is 0. The molecule has 5 heteroatoms. The van der Waals surface area contributed by atoms with E-state index in [1.807, 2.05) is 4.90 Å². The van der Waals surface area contributed by atoms with E-state index < -0.39 is 0 Å². The van der Waals surface area contributed by atoms with Gasteiger partial charge in [0.15, 0.2) is 0 Å². The third kappa shape index (κ3) is 4.84. The minimum Gasteiger partial charge on any atom is -0.395 e. The van der Waals surface area contributed by atoms with Gasteiger partial charge < -0.3 is 10.0 Å². The van der Waals surface area contributed by atoms with Gasteiger partial charge in [-0.25, -0.2) is 0 Å². The summed E-state index contributed by atoms with van der Waals surface area (Å²) in [6.07, 6.45) is 2.27. The lowest BCUT2D eigenvalue weighted by atomic mass is 9.91. The second kappa shape index (κ2) is 8.98. The minimum atomic E-state index is 0.135. The summed E-state index contributed by atoms with van der Waals surface area (Å²) in [5.74, 6) is 0.681. The number of aliphatic hydroxyl groups is 1. The molecule has 1 amide bonds. The number of aryl methyl sites for hydroxylation is 1. The highest BCUT2D eigenvalue weighted by Crippen LogP contribution is 2.23. The molecular formula is C21H33N3O2. The highest BCUT2D eigenvalue weighted by atomic mass is 16.3. The predicted octanol–water partition coefficient (Wildman–Crippen LogP) is 1.73. The molecule has 26 heavy (non-hydrogen) atoms. The molecule has 2 aliphatic rings. The van der Waals surface area contributed by atoms with Crippen LogP contribution in [-0.2, 0) is 11.3 Å². The maximum atomic E-state index is 12.7. The van der Waals surface area contributed by atoms with Gasteiger partial charge in [0.1, 0.15) is 0 Å². The molecule has 144 valence electrons. The van der Waals surface area contributed by atoms with Crippen LogP contribution in [0.4, 0.5) is 0 Å². The van der Waals surface area contributed by atoms with E-state index in [2.05, 4.69) is 47.9 Å². The second-order valence-electron chi connectivity index (χ2n) is 7.99. The zero-order valence-corrected chi connectivity index (χ0v) is 16.2. The average molecular weight is 360 g/mol. The Morgan fingerprint density at radius 1 is 1.19 bits per heavy atom. The summed E-state index contributed by atoms with van der Waals surface area (Å²) in [6, 6.07) is 8.79. The molecular weight excluding hydrogens is 326 g/mol. The van der Waals surface area contributed by atoms with Crippen LogP contribution in [0.1, 0.15) is 30.9 Å². The monoisotopic (exact) mass is 359 g/mol. The Hall–Kier alpha value is -1.43. The first-order chi connectivity index (χ1) is 12.6. The van der Waals surface area contributed by atoms with Gasteiger partial charge in [0.05, 0.1) is 13.2 Å². The molecule has 2 fully saturated rings. The van der Waals surface area contributed by atoms with Crippen molar-refractivity contribution in [2.24, 2.45) is 5.92 Å². The Labute approximate surface area is 157 Å². The minimum absolute atomic E-state index is 0.135. The van der Waals surface area contributed by atoms with Crippen molar-refractivity contribution in [1.29, 1.82) is 0 Å². The molecule has 0 radical (unpaired) electrons. The van der Waals surface area contributed by atoms with Crippen molar-refractivity contribution in [3.63, 3.8) is 0 Å². The van der Waals surface area contributed by atoms with E-state index in [9.17, 15) is 9.90 Å². The first-order valence-electron chi connectivity index (χ1n) is 9.97. The maximum Gasteiger partial charge on any atom is 0.236 e. The first kappa shape index (κ1) is 19.3. The molecule has 0 aliphatic carbocycles. The molecule has 2 heterocycles. The number of hydrogen-bond acceptors (Lipinski definition) is 4. The fraction of sp³-hybridized carbons (Fsp3) is 0.667. The Bertz CT molecular complexity index is 599. The fourth-order valence-corrected chi connectivity index (χ4v) is 4.32. The second-order valence-corrected chi connectivity index (χ2v) is 7.99. The van der Waals surface area contributed by atoms with Crippen molar-refractivity contribution in [2.75, 3.05) is 45.9 Å². The largest absolute Gasteiger partial charge is 0.395 e. The van der Waals surface area contributed by atoms with Crippen LogP contribution in [0.25, 0.3) is 0 Å². The summed E-state index contributed by atoms with van der Waals surface area (Å²) in [5.41, 5.74) is 2.64. The lowest BCUT2D eigenvalue weighted by Gasteiger charge is -2.40. The van der Waals surface area contributed by atoms with Crippen LogP contribution in [0.5, 0.6) is 0 Å². The number of rotatable bonds is 5. The van der Waals surface area contributed by atoms with Crippen LogP contribution >= 0.6 is 0 Å². The van der Waals surface area contributed by atoms with Gasteiger partial charge in [-0.2, -0.15) is 0 Å². The number of piperazine rings is 1. The summed E-state index contributed by atoms with van der Waals surface area (Å²) >= 11 is 0. The summed E-state index contributed by atoms with van der Waals surface area (Å²) in [5, 5.41) is 9.68. The molecule has 0 aromatic heterocycles. The van der Waals surface area contributed by atoms with E-state index in [0.29, 0.717) is 12.5 Å². The molecule has 0 spiro atoms. The zero-order valence-electron chi connectivity index (χ0n) is 16.2. The number of carbonyl (C=O) groups excluding carboxylic acids is 1. The van der Waals surface area contributed by atoms with Crippen LogP contribution in [0.15, 0.2) is 24.3 Å². The number of aliphatic hydroxyl groups excluding tert-OH is 1. The number of amides is 1. The van der Waals surface area contributed by atoms with E-state index in [1.165, 1.54) is 11.1 Å². The average Bonchev–Trinajstić information content (AvgIpc) is 2.62. The Morgan fingerprint density at radius 2 is 1.96 bits per heavy atom. The van der Waals surface area contributed by atoms with Crippen LogP contribution in [0.2, 0.25) is 0 Å². The Morgan fingerprint density at radius 3 is 2.65 bits per heavy atom. The van der Waals surface area contributed by atoms with Gasteiger partial charge in [-0.15, -0.1) is 0 Å². The predicted molar refractivity (Wildman–Crippen MR) is 104 cm³/mol. The van der Waals surface area contributed by atoms with Crippen molar-refractivity contribution in [2.45, 2.75) is 39.3 Å². The molecule has 2 saturated heterocycles. The molecule has 1 aromatic carbocycles. The lowest BCUT2D eigenvalue weighted by Crippen LogP contribution is -2.54. The van der Waals surface area contributed by atoms with Gasteiger partial charge in [-0.3, -0.25) is 14.6 Å². The van der Waals surface area contributed by atoms with Crippen molar-refractivity contribution >= 4 is 5.91 Å². The van der Waals surface area contributed by atoms with Gasteiger partial charge in [0.25, 0.3) is 0 Å². The molecule has 0 saturated carbocycles. The number of nitrogens with zero attached hydrogens (tertiary/aromatic N) is 3. The van der Waals surface area contributed by atoms with Gasteiger partial charge in [0, 0.05) is 38.8 Å². The third-order valence-electron chi connectivity index (χ3n) is 5.97. The van der Waals surface area contributed by atoms with Gasteiger partial charge >= 0.3 is 0 Å². The molecule has 0 bridgehead atoms. The molecule has 1 N–H and O–H groups in total. The standard InChI is InChI=1S/C21H33N3O2/c1-17-5-3-7-19(13-17)14-22-9-11-23(12-10-22)21(26)15-24-8-4-6-18(2)20(24)16-25/h3,5,7,13,18,20,25H,4,6,8-12,14-16H2,1-2H3/t18-,20-/m0/s1. The summed E-state index contributed by atoms with van der Waals surface area (Å²) < 4.78 is 0. The number of carbonyl (C=O) groups is 1. The van der Waals surface area contributed by atoms with E-state index in [4.69, 9.17) is 0 Å². The van der Waals surface area contributed by atoms with E-state index in [0.717, 1.165) is 52.1 Å². The van der Waals surface area contributed by atoms with Gasteiger partial charge in [-0.05, 0) is 37.8 Å². The number of likely N-dealkylation sites (tertiary alicyclic amines) is 1. The van der Waals surface area contributed by atoms with Crippen molar-refractivity contribution in [3.05, 3.63) is 35.4 Å². The molecule has 1 aromatic rings. The van der Waals surface area contributed by atoms with Crippen LogP contribution in [-0.4, -0.2) is 77.6 Å². The van der Waals surface area contributed by atoms with Crippen molar-refractivity contribution in [1.82, 2.24) is 14.7 Å². The number of hydrogen-bond donors (Lipinski definition) is 1. The number of piperidine rings is 1. The van der Waals surface area contributed by atoms with E-state index in [-0.39, 0.29) is 18.6 Å². The van der Waals surface area contributed by atoms with Gasteiger partial charge in [-0.1, -0.05) is 36.8 Å². The molecule has 2 atom stereocenters. The lowest BCUT2D eigenvalue weighted by molar-refractivity contribution is -0.135. The molecule has 2 aliphatic heterocycles. The summed E-state index contributed by atoms with van der Waals surface area (Å²) in [4.78, 5) is 19.3. The van der Waals surface area contributed by atoms with Crippen LogP contribution < -0.4 is 0 Å². The smallest absolute Gasteiger partial charge is 0.236 e. The highest BCUT2D eigenvalue weighted by molar-refractivity contribution is 5.78. The molecule has 3 rings (SSSR count). The quantitative estimate of drug-likeness (QED) is 0.870. The van der Waals surface area contributed by atoms with Crippen LogP contribution in [0, 0.1) is 12.8 Å². The fourth-order valence-electron chi connectivity index (χ4n) is 4.32. The zero-order chi connectivity index (χ0) is 18.5. The van der Waals surface area contributed by atoms with E-state index in [1.54, 1.807) is 0 Å². The van der Waals surface area contributed by atoms with Crippen molar-refractivity contribution < 1.29 is 9.90 Å². The first-order valence-corrected chi connectivity index (χ1v) is 9.97. The molecule has 5 nitrogen and oxygen atoms in total. The SMILES string of the molecule is Cc1cccc(CN2CCN(C(=O)CN3CCC[C@H](C)[C@@H]3CO)CC2)c1. The van der Waals surface area contributed by atoms with E-state index >= 15 is 0 Å². The topological polar surface area (TPSA) is 47.0 Å². The van der Waals surface area contributed by atoms with Crippen LogP contribution in [0.3, 0.4) is 0 Å². The van der Waals surface area contributed by atoms with Gasteiger partial charge in [0.2, 0.25) is 5.91 Å². The molecule has 0 unspecified atom stereocenters. The highest BCUT2D eigenvalue weighted by Gasteiger charge is 2.31. The maximum absolute atomic E-state index is 12.7.